The third kappa shape index (κ3) is 6.08. The minimum Gasteiger partial charge on any atom is -0.379 e. The van der Waals surface area contributed by atoms with E-state index in [0.29, 0.717) is 13.1 Å². The Morgan fingerprint density at radius 2 is 1.59 bits per heavy atom. The van der Waals surface area contributed by atoms with Crippen LogP contribution >= 0.6 is 0 Å². The van der Waals surface area contributed by atoms with Gasteiger partial charge in [0.1, 0.15) is 0 Å². The second-order valence-corrected chi connectivity index (χ2v) is 7.21. The average molecular weight is 367 g/mol. The molecule has 2 aromatic rings. The molecular formula is C22H29N3O2. The van der Waals surface area contributed by atoms with Gasteiger partial charge >= 0.3 is 6.03 Å². The van der Waals surface area contributed by atoms with Crippen molar-refractivity contribution in [2.45, 2.75) is 26.6 Å². The lowest BCUT2D eigenvalue weighted by molar-refractivity contribution is 0.0342. The van der Waals surface area contributed by atoms with Crippen LogP contribution in [0.25, 0.3) is 0 Å². The molecule has 1 N–H and O–H groups in total. The molecular weight excluding hydrogens is 338 g/mol. The molecule has 2 amide bonds. The lowest BCUT2D eigenvalue weighted by Gasteiger charge is -2.26. The predicted molar refractivity (Wildman–Crippen MR) is 107 cm³/mol. The Morgan fingerprint density at radius 3 is 2.26 bits per heavy atom. The quantitative estimate of drug-likeness (QED) is 0.853. The van der Waals surface area contributed by atoms with E-state index in [1.165, 1.54) is 11.1 Å². The monoisotopic (exact) mass is 367 g/mol. The number of benzene rings is 2. The van der Waals surface area contributed by atoms with Crippen LogP contribution in [0.4, 0.5) is 4.79 Å². The van der Waals surface area contributed by atoms with Crippen LogP contribution in [0, 0.1) is 6.92 Å². The van der Waals surface area contributed by atoms with Crippen LogP contribution in [0.3, 0.4) is 0 Å². The molecule has 0 saturated carbocycles. The van der Waals surface area contributed by atoms with Crippen molar-refractivity contribution < 1.29 is 9.53 Å². The van der Waals surface area contributed by atoms with Crippen LogP contribution in [0.1, 0.15) is 22.3 Å². The van der Waals surface area contributed by atoms with Gasteiger partial charge in [-0.15, -0.1) is 0 Å². The van der Waals surface area contributed by atoms with Gasteiger partial charge in [-0.3, -0.25) is 4.90 Å². The highest BCUT2D eigenvalue weighted by molar-refractivity contribution is 5.73. The number of nitrogens with one attached hydrogen (secondary N) is 1. The fourth-order valence-electron chi connectivity index (χ4n) is 3.13. The number of urea groups is 1. The van der Waals surface area contributed by atoms with Gasteiger partial charge in [-0.25, -0.2) is 4.79 Å². The maximum atomic E-state index is 12.3. The van der Waals surface area contributed by atoms with Gasteiger partial charge in [0, 0.05) is 39.8 Å². The molecule has 1 aliphatic heterocycles. The van der Waals surface area contributed by atoms with E-state index in [1.54, 1.807) is 4.90 Å². The van der Waals surface area contributed by atoms with Gasteiger partial charge < -0.3 is 15.0 Å². The molecule has 1 heterocycles. The SMILES string of the molecule is Cc1ccc(CN(C)C(=O)NCc2ccc(CN3CCOCC3)cc2)cc1. The molecule has 5 heteroatoms. The van der Waals surface area contributed by atoms with Crippen molar-refractivity contribution in [2.75, 3.05) is 33.4 Å². The van der Waals surface area contributed by atoms with Crippen LogP contribution in [-0.4, -0.2) is 49.2 Å². The van der Waals surface area contributed by atoms with Crippen molar-refractivity contribution in [3.8, 4) is 0 Å². The maximum absolute atomic E-state index is 12.3. The Hall–Kier alpha value is -2.37. The minimum atomic E-state index is -0.0621. The highest BCUT2D eigenvalue weighted by atomic mass is 16.5. The van der Waals surface area contributed by atoms with Gasteiger partial charge in [0.05, 0.1) is 13.2 Å². The van der Waals surface area contributed by atoms with E-state index in [4.69, 9.17) is 4.74 Å². The number of ether oxygens (including phenoxy) is 1. The zero-order valence-electron chi connectivity index (χ0n) is 16.3. The predicted octanol–water partition coefficient (Wildman–Crippen LogP) is 3.17. The van der Waals surface area contributed by atoms with E-state index in [2.05, 4.69) is 65.7 Å². The molecule has 144 valence electrons. The van der Waals surface area contributed by atoms with Crippen molar-refractivity contribution in [2.24, 2.45) is 0 Å². The molecule has 0 aliphatic carbocycles. The number of aryl methyl sites for hydroxylation is 1. The number of hydrogen-bond acceptors (Lipinski definition) is 3. The molecule has 5 nitrogen and oxygen atoms in total. The molecule has 2 aromatic carbocycles. The Labute approximate surface area is 161 Å². The summed E-state index contributed by atoms with van der Waals surface area (Å²) in [6, 6.07) is 16.7. The summed E-state index contributed by atoms with van der Waals surface area (Å²) in [4.78, 5) is 16.4. The van der Waals surface area contributed by atoms with Crippen LogP contribution in [-0.2, 0) is 24.4 Å². The highest BCUT2D eigenvalue weighted by Crippen LogP contribution is 2.10. The molecule has 0 spiro atoms. The van der Waals surface area contributed by atoms with Crippen LogP contribution in [0.2, 0.25) is 0 Å². The van der Waals surface area contributed by atoms with E-state index in [0.717, 1.165) is 44.0 Å². The van der Waals surface area contributed by atoms with Crippen molar-refractivity contribution in [1.29, 1.82) is 0 Å². The van der Waals surface area contributed by atoms with Crippen LogP contribution in [0.15, 0.2) is 48.5 Å². The molecule has 0 radical (unpaired) electrons. The molecule has 0 aromatic heterocycles. The van der Waals surface area contributed by atoms with Crippen molar-refractivity contribution >= 4 is 6.03 Å². The Bertz CT molecular complexity index is 722. The van der Waals surface area contributed by atoms with Gasteiger partial charge in [-0.05, 0) is 23.6 Å². The number of nitrogens with zero attached hydrogens (tertiary/aromatic N) is 2. The molecule has 0 bridgehead atoms. The van der Waals surface area contributed by atoms with Gasteiger partial charge in [0.15, 0.2) is 0 Å². The summed E-state index contributed by atoms with van der Waals surface area (Å²) < 4.78 is 5.39. The van der Waals surface area contributed by atoms with Gasteiger partial charge in [-0.1, -0.05) is 54.1 Å². The minimum absolute atomic E-state index is 0.0621. The fraction of sp³-hybridized carbons (Fsp3) is 0.409. The number of rotatable bonds is 6. The Kier molecular flexibility index (Phi) is 6.85. The first-order chi connectivity index (χ1) is 13.1. The van der Waals surface area contributed by atoms with Crippen molar-refractivity contribution in [3.63, 3.8) is 0 Å². The Balaban J connectivity index is 1.44. The van der Waals surface area contributed by atoms with Crippen LogP contribution < -0.4 is 5.32 Å². The maximum Gasteiger partial charge on any atom is 0.317 e. The van der Waals surface area contributed by atoms with E-state index >= 15 is 0 Å². The largest absolute Gasteiger partial charge is 0.379 e. The lowest BCUT2D eigenvalue weighted by Crippen LogP contribution is -2.36. The molecule has 0 unspecified atom stereocenters. The number of carbonyl (C=O) groups excluding carboxylic acids is 1. The van der Waals surface area contributed by atoms with E-state index in [-0.39, 0.29) is 6.03 Å². The molecule has 27 heavy (non-hydrogen) atoms. The molecule has 1 fully saturated rings. The van der Waals surface area contributed by atoms with Gasteiger partial charge in [0.2, 0.25) is 0 Å². The first-order valence-electron chi connectivity index (χ1n) is 9.52. The number of morpholine rings is 1. The summed E-state index contributed by atoms with van der Waals surface area (Å²) in [5.41, 5.74) is 4.76. The standard InChI is InChI=1S/C22H29N3O2/c1-18-3-5-20(6-4-18)16-24(2)22(26)23-15-19-7-9-21(10-8-19)17-25-11-13-27-14-12-25/h3-10H,11-17H2,1-2H3,(H,23,26). The molecule has 1 aliphatic rings. The van der Waals surface area contributed by atoms with Crippen molar-refractivity contribution in [1.82, 2.24) is 15.1 Å². The smallest absolute Gasteiger partial charge is 0.317 e. The second-order valence-electron chi connectivity index (χ2n) is 7.21. The zero-order chi connectivity index (χ0) is 19.1. The summed E-state index contributed by atoms with van der Waals surface area (Å²) in [6.07, 6.45) is 0. The summed E-state index contributed by atoms with van der Waals surface area (Å²) in [7, 11) is 1.82. The normalized spacial score (nSPS) is 14.7. The average Bonchev–Trinajstić information content (AvgIpc) is 2.69. The van der Waals surface area contributed by atoms with Gasteiger partial charge in [0.25, 0.3) is 0 Å². The molecule has 3 rings (SSSR count). The number of carbonyl (C=O) groups is 1. The zero-order valence-corrected chi connectivity index (χ0v) is 16.3. The highest BCUT2D eigenvalue weighted by Gasteiger charge is 2.11. The third-order valence-electron chi connectivity index (χ3n) is 4.86. The van der Waals surface area contributed by atoms with Gasteiger partial charge in [-0.2, -0.15) is 0 Å². The lowest BCUT2D eigenvalue weighted by atomic mass is 10.1. The molecule has 0 atom stereocenters. The summed E-state index contributed by atoms with van der Waals surface area (Å²) in [5, 5.41) is 2.99. The van der Waals surface area contributed by atoms with E-state index in [1.807, 2.05) is 7.05 Å². The fourth-order valence-corrected chi connectivity index (χ4v) is 3.13. The summed E-state index contributed by atoms with van der Waals surface area (Å²) in [6.45, 7) is 7.78. The first kappa shape index (κ1) is 19.4. The summed E-state index contributed by atoms with van der Waals surface area (Å²) in [5.74, 6) is 0. The van der Waals surface area contributed by atoms with E-state index < -0.39 is 0 Å². The van der Waals surface area contributed by atoms with E-state index in [9.17, 15) is 4.79 Å². The first-order valence-corrected chi connectivity index (χ1v) is 9.52. The molecule has 1 saturated heterocycles. The topological polar surface area (TPSA) is 44.8 Å². The Morgan fingerprint density at radius 1 is 1.00 bits per heavy atom. The van der Waals surface area contributed by atoms with Crippen molar-refractivity contribution in [3.05, 3.63) is 70.8 Å². The number of hydrogen-bond donors (Lipinski definition) is 1. The summed E-state index contributed by atoms with van der Waals surface area (Å²) >= 11 is 0. The van der Waals surface area contributed by atoms with Crippen LogP contribution in [0.5, 0.6) is 0 Å². The number of amides is 2. The third-order valence-corrected chi connectivity index (χ3v) is 4.86. The second kappa shape index (κ2) is 9.53.